The molecule has 0 atom stereocenters. The van der Waals surface area contributed by atoms with Crippen LogP contribution in [0.5, 0.6) is 0 Å². The summed E-state index contributed by atoms with van der Waals surface area (Å²) in [4.78, 5) is 8.32. The number of thiazole rings is 1. The van der Waals surface area contributed by atoms with Gasteiger partial charge in [0.05, 0.1) is 17.9 Å². The maximum Gasteiger partial charge on any atom is 0.194 e. The molecule has 0 spiro atoms. The highest BCUT2D eigenvalue weighted by Crippen LogP contribution is 2.28. The molecule has 0 amide bonds. The van der Waals surface area contributed by atoms with Crippen LogP contribution >= 0.6 is 23.1 Å². The number of benzene rings is 1. The number of thioether (sulfide) groups is 1. The fourth-order valence-corrected chi connectivity index (χ4v) is 4.07. The Morgan fingerprint density at radius 1 is 1.29 bits per heavy atom. The van der Waals surface area contributed by atoms with E-state index in [1.54, 1.807) is 11.3 Å². The summed E-state index contributed by atoms with van der Waals surface area (Å²) in [5, 5.41) is 3.57. The molecule has 0 fully saturated rings. The number of hydrogen-bond acceptors (Lipinski definition) is 4. The lowest BCUT2D eigenvalue weighted by molar-refractivity contribution is 0.986. The van der Waals surface area contributed by atoms with Crippen LogP contribution in [-0.2, 0) is 6.54 Å². The summed E-state index contributed by atoms with van der Waals surface area (Å²) < 4.78 is 2.21. The number of fused-ring (bicyclic) bond motifs is 1. The van der Waals surface area contributed by atoms with Crippen LogP contribution in [0.1, 0.15) is 23.2 Å². The van der Waals surface area contributed by atoms with Gasteiger partial charge in [-0.1, -0.05) is 19.1 Å². The monoisotopic (exact) mass is 317 g/mol. The van der Waals surface area contributed by atoms with Crippen LogP contribution in [0.2, 0.25) is 0 Å². The predicted octanol–water partition coefficient (Wildman–Crippen LogP) is 4.74. The molecule has 2 heterocycles. The third-order valence-corrected chi connectivity index (χ3v) is 5.23. The number of aryl methyl sites for hydroxylation is 2. The van der Waals surface area contributed by atoms with E-state index in [1.807, 2.05) is 11.8 Å². The summed E-state index contributed by atoms with van der Waals surface area (Å²) in [6.45, 7) is 7.18. The van der Waals surface area contributed by atoms with Crippen molar-refractivity contribution in [1.29, 1.82) is 0 Å². The van der Waals surface area contributed by atoms with Crippen molar-refractivity contribution in [3.63, 3.8) is 0 Å². The summed E-state index contributed by atoms with van der Waals surface area (Å²) in [6, 6.07) is 8.48. The molecule has 0 bridgehead atoms. The minimum atomic E-state index is 0.796. The van der Waals surface area contributed by atoms with Crippen LogP contribution in [0.15, 0.2) is 35.4 Å². The molecule has 3 nitrogen and oxygen atoms in total. The molecular weight excluding hydrogens is 298 g/mol. The van der Waals surface area contributed by atoms with E-state index in [1.165, 1.54) is 21.2 Å². The maximum atomic E-state index is 4.64. The number of hydrogen-bond donors (Lipinski definition) is 1. The normalized spacial score (nSPS) is 11.2. The Kier molecular flexibility index (Phi) is 4.22. The molecule has 0 unspecified atom stereocenters. The Hall–Kier alpha value is -1.46. The zero-order valence-corrected chi connectivity index (χ0v) is 14.1. The summed E-state index contributed by atoms with van der Waals surface area (Å²) >= 11 is 3.61. The number of nitrogens with one attached hydrogen (secondary N) is 1. The van der Waals surface area contributed by atoms with E-state index in [0.29, 0.717) is 0 Å². The average Bonchev–Trinajstić information content (AvgIpc) is 2.94. The molecule has 2 aromatic heterocycles. The minimum Gasteiger partial charge on any atom is -0.378 e. The fourth-order valence-electron chi connectivity index (χ4n) is 2.40. The Morgan fingerprint density at radius 2 is 2.10 bits per heavy atom. The zero-order valence-electron chi connectivity index (χ0n) is 12.5. The SMILES string of the molecule is CCSc1ccccc1NCc1c(C)nc2sc(C)cn12. The van der Waals surface area contributed by atoms with Gasteiger partial charge in [0.1, 0.15) is 0 Å². The lowest BCUT2D eigenvalue weighted by atomic mass is 10.3. The number of imidazole rings is 1. The lowest BCUT2D eigenvalue weighted by Gasteiger charge is -2.11. The largest absolute Gasteiger partial charge is 0.378 e. The van der Waals surface area contributed by atoms with Crippen molar-refractivity contribution in [1.82, 2.24) is 9.38 Å². The van der Waals surface area contributed by atoms with Crippen LogP contribution in [0.3, 0.4) is 0 Å². The summed E-state index contributed by atoms with van der Waals surface area (Å²) in [6.07, 6.45) is 2.17. The number of anilines is 1. The van der Waals surface area contributed by atoms with Crippen molar-refractivity contribution in [2.24, 2.45) is 0 Å². The Labute approximate surface area is 133 Å². The molecule has 0 aliphatic carbocycles. The van der Waals surface area contributed by atoms with Crippen molar-refractivity contribution < 1.29 is 0 Å². The highest BCUT2D eigenvalue weighted by atomic mass is 32.2. The topological polar surface area (TPSA) is 29.3 Å². The van der Waals surface area contributed by atoms with Gasteiger partial charge in [0.15, 0.2) is 4.96 Å². The van der Waals surface area contributed by atoms with E-state index in [-0.39, 0.29) is 0 Å². The fraction of sp³-hybridized carbons (Fsp3) is 0.312. The number of rotatable bonds is 5. The van der Waals surface area contributed by atoms with Gasteiger partial charge in [-0.15, -0.1) is 23.1 Å². The van der Waals surface area contributed by atoms with Gasteiger partial charge in [0.2, 0.25) is 0 Å². The molecule has 1 aromatic carbocycles. The molecule has 3 rings (SSSR count). The number of nitrogens with zero attached hydrogens (tertiary/aromatic N) is 2. The van der Waals surface area contributed by atoms with Crippen molar-refractivity contribution in [2.75, 3.05) is 11.1 Å². The third-order valence-electron chi connectivity index (χ3n) is 3.37. The number of para-hydroxylation sites is 1. The molecular formula is C16H19N3S2. The van der Waals surface area contributed by atoms with Gasteiger partial charge in [-0.2, -0.15) is 0 Å². The smallest absolute Gasteiger partial charge is 0.194 e. The Bertz CT molecular complexity index is 758. The van der Waals surface area contributed by atoms with Gasteiger partial charge in [-0.05, 0) is 31.7 Å². The molecule has 110 valence electrons. The van der Waals surface area contributed by atoms with Crippen LogP contribution in [0, 0.1) is 13.8 Å². The van der Waals surface area contributed by atoms with Crippen molar-refractivity contribution in [3.8, 4) is 0 Å². The summed E-state index contributed by atoms with van der Waals surface area (Å²) in [5.74, 6) is 1.08. The van der Waals surface area contributed by atoms with E-state index in [9.17, 15) is 0 Å². The molecule has 21 heavy (non-hydrogen) atoms. The molecule has 1 N–H and O–H groups in total. The van der Waals surface area contributed by atoms with E-state index in [4.69, 9.17) is 0 Å². The second-order valence-electron chi connectivity index (χ2n) is 4.92. The standard InChI is InChI=1S/C16H19N3S2/c1-4-20-15-8-6-5-7-13(15)17-9-14-12(3)18-16-19(14)10-11(2)21-16/h5-8,10,17H,4,9H2,1-3H3. The average molecular weight is 317 g/mol. The first-order valence-electron chi connectivity index (χ1n) is 7.08. The van der Waals surface area contributed by atoms with Crippen molar-refractivity contribution in [3.05, 3.63) is 46.7 Å². The molecule has 0 radical (unpaired) electrons. The molecule has 5 heteroatoms. The van der Waals surface area contributed by atoms with Crippen LogP contribution in [-0.4, -0.2) is 15.1 Å². The maximum absolute atomic E-state index is 4.64. The number of aromatic nitrogens is 2. The van der Waals surface area contributed by atoms with Gasteiger partial charge < -0.3 is 5.32 Å². The van der Waals surface area contributed by atoms with Gasteiger partial charge >= 0.3 is 0 Å². The van der Waals surface area contributed by atoms with Gasteiger partial charge in [0.25, 0.3) is 0 Å². The van der Waals surface area contributed by atoms with Crippen molar-refractivity contribution >= 4 is 33.7 Å². The molecule has 0 aliphatic heterocycles. The van der Waals surface area contributed by atoms with E-state index in [2.05, 4.69) is 65.9 Å². The second kappa shape index (κ2) is 6.12. The first kappa shape index (κ1) is 14.5. The highest BCUT2D eigenvalue weighted by molar-refractivity contribution is 7.99. The van der Waals surface area contributed by atoms with Crippen LogP contribution in [0.4, 0.5) is 5.69 Å². The minimum absolute atomic E-state index is 0.796. The zero-order chi connectivity index (χ0) is 14.8. The first-order chi connectivity index (χ1) is 10.2. The summed E-state index contributed by atoms with van der Waals surface area (Å²) in [7, 11) is 0. The second-order valence-corrected chi connectivity index (χ2v) is 7.44. The van der Waals surface area contributed by atoms with Gasteiger partial charge in [0, 0.05) is 21.7 Å². The summed E-state index contributed by atoms with van der Waals surface area (Å²) in [5.41, 5.74) is 3.55. The van der Waals surface area contributed by atoms with Crippen molar-refractivity contribution in [2.45, 2.75) is 32.2 Å². The van der Waals surface area contributed by atoms with Gasteiger partial charge in [-0.25, -0.2) is 4.98 Å². The van der Waals surface area contributed by atoms with E-state index >= 15 is 0 Å². The third kappa shape index (κ3) is 2.94. The Balaban J connectivity index is 1.85. The lowest BCUT2D eigenvalue weighted by Crippen LogP contribution is -2.04. The van der Waals surface area contributed by atoms with Crippen LogP contribution < -0.4 is 5.32 Å². The molecule has 0 saturated heterocycles. The molecule has 3 aromatic rings. The van der Waals surface area contributed by atoms with E-state index < -0.39 is 0 Å². The van der Waals surface area contributed by atoms with E-state index in [0.717, 1.165) is 23.0 Å². The Morgan fingerprint density at radius 3 is 2.90 bits per heavy atom. The van der Waals surface area contributed by atoms with Gasteiger partial charge in [-0.3, -0.25) is 4.40 Å². The predicted molar refractivity (Wildman–Crippen MR) is 92.7 cm³/mol. The quantitative estimate of drug-likeness (QED) is 0.689. The first-order valence-corrected chi connectivity index (χ1v) is 8.89. The highest BCUT2D eigenvalue weighted by Gasteiger charge is 2.11. The molecule has 0 saturated carbocycles. The molecule has 0 aliphatic rings. The van der Waals surface area contributed by atoms with Crippen LogP contribution in [0.25, 0.3) is 4.96 Å².